The van der Waals surface area contributed by atoms with E-state index in [0.717, 1.165) is 32.0 Å². The zero-order valence-electron chi connectivity index (χ0n) is 10.2. The van der Waals surface area contributed by atoms with E-state index in [1.165, 1.54) is 44.9 Å². The smallest absolute Gasteiger partial charge is 0.323 e. The van der Waals surface area contributed by atoms with Crippen LogP contribution in [0.5, 0.6) is 0 Å². The Kier molecular flexibility index (Phi) is 4.49. The summed E-state index contributed by atoms with van der Waals surface area (Å²) in [6.07, 6.45) is 10.6. The molecule has 2 amide bonds. The molecular weight excluding hydrogens is 200 g/mol. The fourth-order valence-electron chi connectivity index (χ4n) is 2.89. The van der Waals surface area contributed by atoms with Crippen molar-refractivity contribution in [3.05, 3.63) is 0 Å². The van der Waals surface area contributed by atoms with Gasteiger partial charge in [0.05, 0.1) is 0 Å². The molecule has 0 bridgehead atoms. The quantitative estimate of drug-likeness (QED) is 0.721. The van der Waals surface area contributed by atoms with Crippen molar-refractivity contribution in [3.8, 4) is 0 Å². The summed E-state index contributed by atoms with van der Waals surface area (Å²) in [5, 5.41) is 3.96. The lowest BCUT2D eigenvalue weighted by atomic mass is 9.86. The molecule has 0 unspecified atom stereocenters. The number of hydrogen-bond acceptors (Lipinski definition) is 1. The Hall–Kier alpha value is -0.730. The molecule has 16 heavy (non-hydrogen) atoms. The third-order valence-electron chi connectivity index (χ3n) is 3.87. The van der Waals surface area contributed by atoms with Crippen LogP contribution >= 0.6 is 0 Å². The highest BCUT2D eigenvalue weighted by atomic mass is 16.2. The van der Waals surface area contributed by atoms with E-state index in [-0.39, 0.29) is 6.03 Å². The molecular formula is C13H23N2O. The molecule has 0 aromatic carbocycles. The molecule has 0 N–H and O–H groups in total. The predicted molar refractivity (Wildman–Crippen MR) is 64.4 cm³/mol. The van der Waals surface area contributed by atoms with Crippen LogP contribution in [0.15, 0.2) is 0 Å². The maximum Gasteiger partial charge on any atom is 0.338 e. The van der Waals surface area contributed by atoms with Crippen LogP contribution in [0, 0.1) is 5.92 Å². The molecule has 0 aromatic heterocycles. The number of nitrogens with zero attached hydrogens (tertiary/aromatic N) is 2. The highest BCUT2D eigenvalue weighted by molar-refractivity contribution is 5.74. The number of carbonyl (C=O) groups excluding carboxylic acids is 1. The van der Waals surface area contributed by atoms with Gasteiger partial charge in [0.15, 0.2) is 0 Å². The summed E-state index contributed by atoms with van der Waals surface area (Å²) in [5.74, 6) is 0.936. The molecule has 2 fully saturated rings. The summed E-state index contributed by atoms with van der Waals surface area (Å²) < 4.78 is 0. The van der Waals surface area contributed by atoms with Crippen LogP contribution in [0.1, 0.15) is 51.4 Å². The minimum atomic E-state index is 0.0231. The van der Waals surface area contributed by atoms with Crippen molar-refractivity contribution in [3.63, 3.8) is 0 Å². The van der Waals surface area contributed by atoms with Gasteiger partial charge in [-0.05, 0) is 25.2 Å². The lowest BCUT2D eigenvalue weighted by Crippen LogP contribution is -2.43. The number of urea groups is 1. The fourth-order valence-corrected chi connectivity index (χ4v) is 2.89. The Morgan fingerprint density at radius 3 is 2.75 bits per heavy atom. The number of amides is 2. The topological polar surface area (TPSA) is 34.4 Å². The Labute approximate surface area is 98.6 Å². The highest BCUT2D eigenvalue weighted by Gasteiger charge is 2.19. The molecule has 91 valence electrons. The van der Waals surface area contributed by atoms with Crippen molar-refractivity contribution >= 4 is 6.03 Å². The summed E-state index contributed by atoms with van der Waals surface area (Å²) in [6.45, 7) is 2.59. The van der Waals surface area contributed by atoms with Crippen LogP contribution in [0.25, 0.3) is 0 Å². The second-order valence-electron chi connectivity index (χ2n) is 5.15. The first kappa shape index (κ1) is 11.7. The first-order valence-electron chi connectivity index (χ1n) is 6.82. The van der Waals surface area contributed by atoms with Gasteiger partial charge in [-0.25, -0.2) is 10.1 Å². The Morgan fingerprint density at radius 2 is 2.00 bits per heavy atom. The Balaban J connectivity index is 1.61. The van der Waals surface area contributed by atoms with Crippen molar-refractivity contribution in [1.29, 1.82) is 0 Å². The van der Waals surface area contributed by atoms with Gasteiger partial charge in [-0.15, -0.1) is 0 Å². The van der Waals surface area contributed by atoms with Crippen LogP contribution in [-0.4, -0.2) is 30.6 Å². The second-order valence-corrected chi connectivity index (χ2v) is 5.15. The van der Waals surface area contributed by atoms with Crippen molar-refractivity contribution < 1.29 is 4.79 Å². The van der Waals surface area contributed by atoms with E-state index in [1.807, 2.05) is 4.90 Å². The van der Waals surface area contributed by atoms with E-state index in [9.17, 15) is 4.79 Å². The minimum Gasteiger partial charge on any atom is -0.323 e. The zero-order valence-corrected chi connectivity index (χ0v) is 10.2. The average Bonchev–Trinajstić information content (AvgIpc) is 2.33. The maximum absolute atomic E-state index is 11.4. The molecule has 1 saturated carbocycles. The first-order chi connectivity index (χ1) is 7.86. The summed E-state index contributed by atoms with van der Waals surface area (Å²) in [4.78, 5) is 13.4. The minimum absolute atomic E-state index is 0.0231. The van der Waals surface area contributed by atoms with E-state index in [2.05, 4.69) is 5.32 Å². The average molecular weight is 223 g/mol. The predicted octanol–water partition coefficient (Wildman–Crippen LogP) is 2.78. The Morgan fingerprint density at radius 1 is 1.19 bits per heavy atom. The Bertz CT molecular complexity index is 224. The standard InChI is InChI=1S/C13H23N2O/c16-13-14-9-5-11-15(13)10-4-8-12-6-2-1-3-7-12/h12H,1-11H2. The van der Waals surface area contributed by atoms with Gasteiger partial charge in [0.25, 0.3) is 0 Å². The van der Waals surface area contributed by atoms with Gasteiger partial charge in [-0.2, -0.15) is 0 Å². The maximum atomic E-state index is 11.4. The molecule has 1 heterocycles. The third kappa shape index (κ3) is 3.39. The summed E-state index contributed by atoms with van der Waals surface area (Å²) in [7, 11) is 0. The molecule has 2 aliphatic rings. The number of rotatable bonds is 4. The molecule has 0 aromatic rings. The van der Waals surface area contributed by atoms with E-state index in [1.54, 1.807) is 0 Å². The summed E-state index contributed by atoms with van der Waals surface area (Å²) in [6, 6.07) is 0.0231. The van der Waals surface area contributed by atoms with E-state index < -0.39 is 0 Å². The molecule has 1 radical (unpaired) electrons. The molecule has 1 aliphatic heterocycles. The fraction of sp³-hybridized carbons (Fsp3) is 0.923. The van der Waals surface area contributed by atoms with Gasteiger partial charge in [0, 0.05) is 19.6 Å². The third-order valence-corrected chi connectivity index (χ3v) is 3.87. The molecule has 1 aliphatic carbocycles. The van der Waals surface area contributed by atoms with Crippen molar-refractivity contribution in [1.82, 2.24) is 10.2 Å². The second kappa shape index (κ2) is 6.12. The van der Waals surface area contributed by atoms with Gasteiger partial charge in [-0.1, -0.05) is 32.1 Å². The monoisotopic (exact) mass is 223 g/mol. The molecule has 2 rings (SSSR count). The summed E-state index contributed by atoms with van der Waals surface area (Å²) in [5.41, 5.74) is 0. The zero-order chi connectivity index (χ0) is 11.2. The van der Waals surface area contributed by atoms with Crippen LogP contribution in [0.3, 0.4) is 0 Å². The largest absolute Gasteiger partial charge is 0.338 e. The summed E-state index contributed by atoms with van der Waals surface area (Å²) >= 11 is 0. The van der Waals surface area contributed by atoms with E-state index in [0.29, 0.717) is 0 Å². The van der Waals surface area contributed by atoms with Crippen LogP contribution in [0.2, 0.25) is 0 Å². The van der Waals surface area contributed by atoms with Crippen LogP contribution < -0.4 is 5.32 Å². The van der Waals surface area contributed by atoms with Gasteiger partial charge in [-0.3, -0.25) is 0 Å². The molecule has 1 saturated heterocycles. The molecule has 3 heteroatoms. The highest BCUT2D eigenvalue weighted by Crippen LogP contribution is 2.27. The lowest BCUT2D eigenvalue weighted by molar-refractivity contribution is 0.181. The van der Waals surface area contributed by atoms with Crippen molar-refractivity contribution in [2.45, 2.75) is 51.4 Å². The van der Waals surface area contributed by atoms with Gasteiger partial charge < -0.3 is 4.90 Å². The van der Waals surface area contributed by atoms with Crippen molar-refractivity contribution in [2.75, 3.05) is 19.6 Å². The normalized spacial score (nSPS) is 23.2. The van der Waals surface area contributed by atoms with Crippen molar-refractivity contribution in [2.24, 2.45) is 5.92 Å². The molecule has 3 nitrogen and oxygen atoms in total. The SMILES string of the molecule is O=C1[N]CCCN1CCCC1CCCCC1. The number of carbonyl (C=O) groups is 1. The van der Waals surface area contributed by atoms with Crippen LogP contribution in [-0.2, 0) is 0 Å². The van der Waals surface area contributed by atoms with E-state index >= 15 is 0 Å². The molecule has 0 atom stereocenters. The van der Waals surface area contributed by atoms with Gasteiger partial charge in [0.1, 0.15) is 0 Å². The molecule has 0 spiro atoms. The van der Waals surface area contributed by atoms with E-state index in [4.69, 9.17) is 0 Å². The van der Waals surface area contributed by atoms with Crippen LogP contribution in [0.4, 0.5) is 4.79 Å². The van der Waals surface area contributed by atoms with Gasteiger partial charge in [0.2, 0.25) is 0 Å². The number of hydrogen-bond donors (Lipinski definition) is 0. The first-order valence-corrected chi connectivity index (χ1v) is 6.82. The lowest BCUT2D eigenvalue weighted by Gasteiger charge is -2.27. The van der Waals surface area contributed by atoms with Gasteiger partial charge >= 0.3 is 6.03 Å².